The van der Waals surface area contributed by atoms with Crippen molar-refractivity contribution in [3.63, 3.8) is 0 Å². The second-order valence-electron chi connectivity index (χ2n) is 8.30. The lowest BCUT2D eigenvalue weighted by atomic mass is 9.94. The summed E-state index contributed by atoms with van der Waals surface area (Å²) in [6.45, 7) is 4.59. The van der Waals surface area contributed by atoms with E-state index in [2.05, 4.69) is 22.6 Å². The van der Waals surface area contributed by atoms with E-state index in [1.165, 1.54) is 12.1 Å². The number of hydrogen-bond donors (Lipinski definition) is 1. The Morgan fingerprint density at radius 2 is 1.76 bits per heavy atom. The van der Waals surface area contributed by atoms with Crippen LogP contribution in [-0.2, 0) is 6.54 Å². The van der Waals surface area contributed by atoms with Crippen molar-refractivity contribution in [2.75, 3.05) is 0 Å². The topological polar surface area (TPSA) is 54.2 Å². The Bertz CT molecular complexity index is 1360. The van der Waals surface area contributed by atoms with Crippen LogP contribution in [0.1, 0.15) is 35.5 Å². The first-order valence-corrected chi connectivity index (χ1v) is 11.4. The summed E-state index contributed by atoms with van der Waals surface area (Å²) in [6.07, 6.45) is 0. The lowest BCUT2D eigenvalue weighted by Crippen LogP contribution is -2.45. The maximum Gasteiger partial charge on any atom is 0.258 e. The highest BCUT2D eigenvalue weighted by Crippen LogP contribution is 2.38. The van der Waals surface area contributed by atoms with Crippen LogP contribution in [0.3, 0.4) is 0 Å². The third-order valence-electron chi connectivity index (χ3n) is 5.93. The Labute approximate surface area is 202 Å². The number of nitrogens with zero attached hydrogens (tertiary/aromatic N) is 3. The van der Waals surface area contributed by atoms with Crippen LogP contribution in [-0.4, -0.2) is 20.2 Å². The number of rotatable bonds is 5. The molecule has 0 radical (unpaired) electrons. The standard InChI is InChI=1S/C27H23FN4OS/c1-17-11-13-20(14-12-17)25-30-26(33-31-25)23-18(2)32(16-19-7-4-3-5-8-19)27(34)29-24(23)21-9-6-10-22(28)15-21/h3-15,24H,16H2,1-2H3,(H,29,34). The summed E-state index contributed by atoms with van der Waals surface area (Å²) in [7, 11) is 0. The van der Waals surface area contributed by atoms with Gasteiger partial charge in [-0.1, -0.05) is 77.5 Å². The van der Waals surface area contributed by atoms with Crippen LogP contribution in [0, 0.1) is 12.7 Å². The molecule has 3 aromatic carbocycles. The summed E-state index contributed by atoms with van der Waals surface area (Å²) in [4.78, 5) is 6.72. The number of nitrogens with one attached hydrogen (secondary N) is 1. The quantitative estimate of drug-likeness (QED) is 0.359. The van der Waals surface area contributed by atoms with Crippen molar-refractivity contribution in [1.82, 2.24) is 20.4 Å². The first kappa shape index (κ1) is 22.0. The molecule has 0 saturated carbocycles. The maximum absolute atomic E-state index is 14.1. The normalized spacial score (nSPS) is 16.0. The zero-order valence-electron chi connectivity index (χ0n) is 18.8. The molecule has 5 nitrogen and oxygen atoms in total. The van der Waals surface area contributed by atoms with Gasteiger partial charge in [-0.2, -0.15) is 4.98 Å². The van der Waals surface area contributed by atoms with Gasteiger partial charge in [0.1, 0.15) is 5.82 Å². The van der Waals surface area contributed by atoms with Gasteiger partial charge in [0.25, 0.3) is 5.89 Å². The fourth-order valence-corrected chi connectivity index (χ4v) is 4.42. The second-order valence-corrected chi connectivity index (χ2v) is 8.68. The molecule has 2 heterocycles. The smallest absolute Gasteiger partial charge is 0.258 e. The Morgan fingerprint density at radius 1 is 1.00 bits per heavy atom. The summed E-state index contributed by atoms with van der Waals surface area (Å²) in [5.41, 5.74) is 5.49. The molecule has 1 unspecified atom stereocenters. The third kappa shape index (κ3) is 4.34. The third-order valence-corrected chi connectivity index (χ3v) is 6.27. The van der Waals surface area contributed by atoms with Gasteiger partial charge in [-0.15, -0.1) is 0 Å². The lowest BCUT2D eigenvalue weighted by Gasteiger charge is -2.37. The average Bonchev–Trinajstić information content (AvgIpc) is 3.32. The Kier molecular flexibility index (Phi) is 5.94. The molecule has 1 aliphatic rings. The average molecular weight is 471 g/mol. The minimum absolute atomic E-state index is 0.320. The largest absolute Gasteiger partial charge is 0.351 e. The maximum atomic E-state index is 14.1. The molecule has 0 saturated heterocycles. The number of halogens is 1. The van der Waals surface area contributed by atoms with Crippen LogP contribution >= 0.6 is 12.2 Å². The van der Waals surface area contributed by atoms with E-state index in [1.54, 1.807) is 6.07 Å². The minimum atomic E-state index is -0.429. The molecule has 0 bridgehead atoms. The van der Waals surface area contributed by atoms with Gasteiger partial charge in [0, 0.05) is 17.8 Å². The van der Waals surface area contributed by atoms with E-state index in [9.17, 15) is 4.39 Å². The van der Waals surface area contributed by atoms with Crippen LogP contribution < -0.4 is 5.32 Å². The Morgan fingerprint density at radius 3 is 2.50 bits per heavy atom. The SMILES string of the molecule is CC1=C(c2nc(-c3ccc(C)cc3)no2)C(c2cccc(F)c2)NC(=S)N1Cc1ccccc1. The van der Waals surface area contributed by atoms with Gasteiger partial charge >= 0.3 is 0 Å². The number of aryl methyl sites for hydroxylation is 1. The van der Waals surface area contributed by atoms with Crippen LogP contribution in [0.15, 0.2) is 89.1 Å². The predicted octanol–water partition coefficient (Wildman–Crippen LogP) is 6.05. The predicted molar refractivity (Wildman–Crippen MR) is 134 cm³/mol. The Balaban J connectivity index is 1.60. The highest BCUT2D eigenvalue weighted by Gasteiger charge is 2.34. The molecule has 0 amide bonds. The summed E-state index contributed by atoms with van der Waals surface area (Å²) >= 11 is 5.73. The summed E-state index contributed by atoms with van der Waals surface area (Å²) in [5, 5.41) is 8.15. The van der Waals surface area contributed by atoms with Crippen LogP contribution in [0.25, 0.3) is 17.0 Å². The van der Waals surface area contributed by atoms with Crippen molar-refractivity contribution >= 4 is 22.9 Å². The van der Waals surface area contributed by atoms with Crippen LogP contribution in [0.2, 0.25) is 0 Å². The van der Waals surface area contributed by atoms with Gasteiger partial charge in [0.05, 0.1) is 11.6 Å². The Hall–Kier alpha value is -3.84. The zero-order chi connectivity index (χ0) is 23.7. The van der Waals surface area contributed by atoms with E-state index in [4.69, 9.17) is 21.7 Å². The highest BCUT2D eigenvalue weighted by molar-refractivity contribution is 7.80. The van der Waals surface area contributed by atoms with E-state index < -0.39 is 6.04 Å². The fraction of sp³-hybridized carbons (Fsp3) is 0.148. The summed E-state index contributed by atoms with van der Waals surface area (Å²) in [6, 6.07) is 24.1. The van der Waals surface area contributed by atoms with E-state index >= 15 is 0 Å². The molecule has 1 N–H and O–H groups in total. The second kappa shape index (κ2) is 9.19. The molecule has 1 atom stereocenters. The van der Waals surface area contributed by atoms with Crippen LogP contribution in [0.4, 0.5) is 4.39 Å². The van der Waals surface area contributed by atoms with E-state index in [0.717, 1.165) is 33.5 Å². The van der Waals surface area contributed by atoms with Gasteiger partial charge in [-0.25, -0.2) is 4.39 Å². The molecule has 5 rings (SSSR count). The number of hydrogen-bond acceptors (Lipinski definition) is 4. The summed E-state index contributed by atoms with van der Waals surface area (Å²) in [5.74, 6) is 0.547. The van der Waals surface area contributed by atoms with Gasteiger partial charge in [0.2, 0.25) is 5.82 Å². The highest BCUT2D eigenvalue weighted by atomic mass is 32.1. The monoisotopic (exact) mass is 470 g/mol. The van der Waals surface area contributed by atoms with Crippen molar-refractivity contribution in [2.24, 2.45) is 0 Å². The van der Waals surface area contributed by atoms with Crippen molar-refractivity contribution in [1.29, 1.82) is 0 Å². The van der Waals surface area contributed by atoms with E-state index in [0.29, 0.717) is 23.4 Å². The van der Waals surface area contributed by atoms with Crippen molar-refractivity contribution in [2.45, 2.75) is 26.4 Å². The van der Waals surface area contributed by atoms with E-state index in [-0.39, 0.29) is 5.82 Å². The molecule has 34 heavy (non-hydrogen) atoms. The molecular formula is C27H23FN4OS. The number of aromatic nitrogens is 2. The first-order valence-electron chi connectivity index (χ1n) is 11.0. The van der Waals surface area contributed by atoms with Gasteiger partial charge in [-0.3, -0.25) is 0 Å². The number of allylic oxidation sites excluding steroid dienone is 1. The molecule has 0 fully saturated rings. The molecule has 1 aromatic heterocycles. The molecule has 0 aliphatic carbocycles. The van der Waals surface area contributed by atoms with Crippen molar-refractivity contribution in [3.8, 4) is 11.4 Å². The molecule has 0 spiro atoms. The minimum Gasteiger partial charge on any atom is -0.351 e. The number of thiocarbonyl (C=S) groups is 1. The van der Waals surface area contributed by atoms with Gasteiger partial charge in [0.15, 0.2) is 5.11 Å². The van der Waals surface area contributed by atoms with Gasteiger partial charge < -0.3 is 14.7 Å². The lowest BCUT2D eigenvalue weighted by molar-refractivity contribution is 0.396. The molecule has 4 aromatic rings. The van der Waals surface area contributed by atoms with Crippen LogP contribution in [0.5, 0.6) is 0 Å². The molecule has 170 valence electrons. The van der Waals surface area contributed by atoms with E-state index in [1.807, 2.05) is 67.3 Å². The molecule has 1 aliphatic heterocycles. The first-order chi connectivity index (χ1) is 16.5. The van der Waals surface area contributed by atoms with Gasteiger partial charge in [-0.05, 0) is 49.3 Å². The number of benzene rings is 3. The fourth-order valence-electron chi connectivity index (χ4n) is 4.10. The molecule has 7 heteroatoms. The zero-order valence-corrected chi connectivity index (χ0v) is 19.6. The van der Waals surface area contributed by atoms with Crippen molar-refractivity contribution in [3.05, 3.63) is 113 Å². The molecular weight excluding hydrogens is 447 g/mol. The summed E-state index contributed by atoms with van der Waals surface area (Å²) < 4.78 is 19.9. The van der Waals surface area contributed by atoms with Crippen molar-refractivity contribution < 1.29 is 8.91 Å².